The van der Waals surface area contributed by atoms with Gasteiger partial charge in [0, 0.05) is 18.2 Å². The Kier molecular flexibility index (Phi) is 3.57. The zero-order valence-electron chi connectivity index (χ0n) is 7.57. The molecule has 14 heavy (non-hydrogen) atoms. The lowest BCUT2D eigenvalue weighted by atomic mass is 10.0. The average Bonchev–Trinajstić information content (AvgIpc) is 2.19. The Hall–Kier alpha value is -1.44. The van der Waals surface area contributed by atoms with E-state index in [-0.39, 0.29) is 18.6 Å². The van der Waals surface area contributed by atoms with Gasteiger partial charge in [-0.05, 0) is 24.6 Å². The van der Waals surface area contributed by atoms with E-state index in [0.717, 1.165) is 0 Å². The molecule has 0 aromatic heterocycles. The summed E-state index contributed by atoms with van der Waals surface area (Å²) in [6.07, 6.45) is 0.284. The summed E-state index contributed by atoms with van der Waals surface area (Å²) in [5.74, 6) is -0.440. The highest BCUT2D eigenvalue weighted by Crippen LogP contribution is 2.18. The fraction of sp³-hybridized carbons (Fsp3) is 0.300. The summed E-state index contributed by atoms with van der Waals surface area (Å²) in [6, 6.07) is 5.36. The minimum atomic E-state index is -0.562. The van der Waals surface area contributed by atoms with Crippen LogP contribution in [0.1, 0.15) is 23.6 Å². The Balaban J connectivity index is 3.01. The SMILES string of the molecule is N#Cc1ccc(F)c(C(N)CCO)c1. The van der Waals surface area contributed by atoms with E-state index in [9.17, 15) is 4.39 Å². The van der Waals surface area contributed by atoms with E-state index in [2.05, 4.69) is 0 Å². The standard InChI is InChI=1S/C10H11FN2O/c11-9-2-1-7(6-12)5-8(9)10(13)3-4-14/h1-2,5,10,14H,3-4,13H2. The molecule has 0 aliphatic heterocycles. The predicted molar refractivity (Wildman–Crippen MR) is 49.7 cm³/mol. The molecular weight excluding hydrogens is 183 g/mol. The van der Waals surface area contributed by atoms with Crippen LogP contribution in [0.3, 0.4) is 0 Å². The van der Waals surface area contributed by atoms with Gasteiger partial charge in [-0.2, -0.15) is 5.26 Å². The topological polar surface area (TPSA) is 70.0 Å². The van der Waals surface area contributed by atoms with Gasteiger partial charge in [-0.3, -0.25) is 0 Å². The zero-order chi connectivity index (χ0) is 10.6. The van der Waals surface area contributed by atoms with Gasteiger partial charge in [0.25, 0.3) is 0 Å². The Morgan fingerprint density at radius 1 is 1.57 bits per heavy atom. The first-order valence-corrected chi connectivity index (χ1v) is 4.25. The summed E-state index contributed by atoms with van der Waals surface area (Å²) in [5, 5.41) is 17.2. The maximum Gasteiger partial charge on any atom is 0.128 e. The Bertz CT molecular complexity index is 360. The van der Waals surface area contributed by atoms with Crippen LogP contribution in [0.25, 0.3) is 0 Å². The molecule has 74 valence electrons. The molecule has 0 aliphatic rings. The molecule has 0 saturated heterocycles. The number of aliphatic hydroxyl groups excluding tert-OH is 1. The van der Waals surface area contributed by atoms with E-state index < -0.39 is 11.9 Å². The molecule has 1 atom stereocenters. The van der Waals surface area contributed by atoms with Gasteiger partial charge in [-0.15, -0.1) is 0 Å². The first-order chi connectivity index (χ1) is 6.69. The number of halogens is 1. The number of hydrogen-bond donors (Lipinski definition) is 2. The molecule has 0 heterocycles. The molecule has 0 saturated carbocycles. The van der Waals surface area contributed by atoms with Crippen molar-refractivity contribution in [1.29, 1.82) is 5.26 Å². The Morgan fingerprint density at radius 2 is 2.29 bits per heavy atom. The molecule has 0 fully saturated rings. The third-order valence-electron chi connectivity index (χ3n) is 1.96. The normalized spacial score (nSPS) is 12.1. The number of aliphatic hydroxyl groups is 1. The van der Waals surface area contributed by atoms with Crippen LogP contribution >= 0.6 is 0 Å². The summed E-state index contributed by atoms with van der Waals surface area (Å²) in [6.45, 7) is -0.0998. The molecule has 0 radical (unpaired) electrons. The average molecular weight is 194 g/mol. The lowest BCUT2D eigenvalue weighted by Gasteiger charge is -2.11. The first-order valence-electron chi connectivity index (χ1n) is 4.25. The quantitative estimate of drug-likeness (QED) is 0.756. The van der Waals surface area contributed by atoms with Crippen LogP contribution in [0.4, 0.5) is 4.39 Å². The third-order valence-corrected chi connectivity index (χ3v) is 1.96. The lowest BCUT2D eigenvalue weighted by Crippen LogP contribution is -2.13. The van der Waals surface area contributed by atoms with Crippen molar-refractivity contribution in [3.63, 3.8) is 0 Å². The van der Waals surface area contributed by atoms with Crippen molar-refractivity contribution in [3.05, 3.63) is 35.1 Å². The maximum atomic E-state index is 13.2. The van der Waals surface area contributed by atoms with Gasteiger partial charge in [-0.1, -0.05) is 0 Å². The van der Waals surface area contributed by atoms with Crippen molar-refractivity contribution in [2.45, 2.75) is 12.5 Å². The van der Waals surface area contributed by atoms with Gasteiger partial charge in [0.05, 0.1) is 11.6 Å². The Morgan fingerprint density at radius 3 is 2.86 bits per heavy atom. The van der Waals surface area contributed by atoms with Crippen molar-refractivity contribution in [2.24, 2.45) is 5.73 Å². The molecule has 1 aromatic rings. The molecule has 0 bridgehead atoms. The van der Waals surface area contributed by atoms with Crippen LogP contribution in [-0.2, 0) is 0 Å². The molecule has 4 heteroatoms. The van der Waals surface area contributed by atoms with Gasteiger partial charge in [0.2, 0.25) is 0 Å². The van der Waals surface area contributed by atoms with Crippen molar-refractivity contribution >= 4 is 0 Å². The molecule has 0 spiro atoms. The molecule has 3 N–H and O–H groups in total. The molecule has 3 nitrogen and oxygen atoms in total. The molecule has 1 aromatic carbocycles. The van der Waals surface area contributed by atoms with E-state index in [0.29, 0.717) is 5.56 Å². The molecular formula is C10H11FN2O. The minimum absolute atomic E-state index is 0.0998. The van der Waals surface area contributed by atoms with Gasteiger partial charge >= 0.3 is 0 Å². The summed E-state index contributed by atoms with van der Waals surface area (Å²) in [4.78, 5) is 0. The van der Waals surface area contributed by atoms with Crippen LogP contribution in [0.2, 0.25) is 0 Å². The predicted octanol–water partition coefficient (Wildman–Crippen LogP) is 1.08. The van der Waals surface area contributed by atoms with E-state index in [1.54, 1.807) is 0 Å². The molecule has 0 aliphatic carbocycles. The van der Waals surface area contributed by atoms with Crippen LogP contribution in [-0.4, -0.2) is 11.7 Å². The molecule has 0 amide bonds. The highest BCUT2D eigenvalue weighted by molar-refractivity contribution is 5.35. The summed E-state index contributed by atoms with van der Waals surface area (Å²) in [5.41, 5.74) is 6.27. The minimum Gasteiger partial charge on any atom is -0.396 e. The largest absolute Gasteiger partial charge is 0.396 e. The third kappa shape index (κ3) is 2.28. The number of benzene rings is 1. The van der Waals surface area contributed by atoms with Gasteiger partial charge in [-0.25, -0.2) is 4.39 Å². The van der Waals surface area contributed by atoms with E-state index >= 15 is 0 Å². The smallest absolute Gasteiger partial charge is 0.128 e. The molecule has 1 rings (SSSR count). The fourth-order valence-electron chi connectivity index (χ4n) is 1.19. The van der Waals surface area contributed by atoms with Gasteiger partial charge in [0.1, 0.15) is 5.82 Å². The molecule has 1 unspecified atom stereocenters. The highest BCUT2D eigenvalue weighted by Gasteiger charge is 2.11. The van der Waals surface area contributed by atoms with Gasteiger partial charge in [0.15, 0.2) is 0 Å². The second kappa shape index (κ2) is 4.70. The number of nitriles is 1. The second-order valence-electron chi connectivity index (χ2n) is 2.97. The monoisotopic (exact) mass is 194 g/mol. The van der Waals surface area contributed by atoms with E-state index in [1.807, 2.05) is 6.07 Å². The number of hydrogen-bond acceptors (Lipinski definition) is 3. The maximum absolute atomic E-state index is 13.2. The van der Waals surface area contributed by atoms with Crippen LogP contribution in [0, 0.1) is 17.1 Å². The Labute approximate surface area is 81.6 Å². The number of nitrogens with two attached hydrogens (primary N) is 1. The second-order valence-corrected chi connectivity index (χ2v) is 2.97. The van der Waals surface area contributed by atoms with Crippen molar-refractivity contribution in [2.75, 3.05) is 6.61 Å². The summed E-state index contributed by atoms with van der Waals surface area (Å²) >= 11 is 0. The van der Waals surface area contributed by atoms with Gasteiger partial charge < -0.3 is 10.8 Å². The van der Waals surface area contributed by atoms with Crippen LogP contribution in [0.15, 0.2) is 18.2 Å². The van der Waals surface area contributed by atoms with E-state index in [1.165, 1.54) is 18.2 Å². The zero-order valence-corrected chi connectivity index (χ0v) is 7.57. The number of rotatable bonds is 3. The van der Waals surface area contributed by atoms with Crippen molar-refractivity contribution in [1.82, 2.24) is 0 Å². The summed E-state index contributed by atoms with van der Waals surface area (Å²) in [7, 11) is 0. The van der Waals surface area contributed by atoms with Crippen molar-refractivity contribution in [3.8, 4) is 6.07 Å². The fourth-order valence-corrected chi connectivity index (χ4v) is 1.19. The highest BCUT2D eigenvalue weighted by atomic mass is 19.1. The lowest BCUT2D eigenvalue weighted by molar-refractivity contribution is 0.275. The first kappa shape index (κ1) is 10.6. The summed E-state index contributed by atoms with van der Waals surface area (Å²) < 4.78 is 13.2. The van der Waals surface area contributed by atoms with Crippen LogP contribution in [0.5, 0.6) is 0 Å². The van der Waals surface area contributed by atoms with Crippen molar-refractivity contribution < 1.29 is 9.50 Å². The number of nitrogens with zero attached hydrogens (tertiary/aromatic N) is 1. The van der Waals surface area contributed by atoms with E-state index in [4.69, 9.17) is 16.1 Å². The van der Waals surface area contributed by atoms with Crippen LogP contribution < -0.4 is 5.73 Å².